The van der Waals surface area contributed by atoms with E-state index in [1.54, 1.807) is 4.52 Å². The number of aromatic nitrogens is 4. The Labute approximate surface area is 231 Å². The van der Waals surface area contributed by atoms with Crippen molar-refractivity contribution in [2.45, 2.75) is 90.2 Å². The van der Waals surface area contributed by atoms with Gasteiger partial charge in [0.2, 0.25) is 0 Å². The number of cyclic esters (lactones) is 1. The summed E-state index contributed by atoms with van der Waals surface area (Å²) in [5.41, 5.74) is -0.390. The van der Waals surface area contributed by atoms with Gasteiger partial charge in [0.1, 0.15) is 28.6 Å². The molecule has 1 aromatic carbocycles. The third-order valence-corrected chi connectivity index (χ3v) is 8.28. The van der Waals surface area contributed by atoms with Gasteiger partial charge in [-0.15, -0.1) is 5.10 Å². The quantitative estimate of drug-likeness (QED) is 0.285. The van der Waals surface area contributed by atoms with Crippen molar-refractivity contribution in [1.29, 1.82) is 0 Å². The molecule has 1 N–H and O–H groups in total. The molecule has 40 heavy (non-hydrogen) atoms. The Balaban J connectivity index is 1.41. The van der Waals surface area contributed by atoms with Crippen molar-refractivity contribution in [2.75, 3.05) is 0 Å². The molecule has 3 heterocycles. The number of aliphatic hydroxyl groups is 1. The molecule has 1 fully saturated rings. The maximum atomic E-state index is 14.9. The number of hydrogen-bond donors (Lipinski definition) is 1. The lowest BCUT2D eigenvalue weighted by Crippen LogP contribution is -2.46. The summed E-state index contributed by atoms with van der Waals surface area (Å²) >= 11 is 0. The minimum absolute atomic E-state index is 0.00197. The molecule has 1 saturated carbocycles. The van der Waals surface area contributed by atoms with Gasteiger partial charge < -0.3 is 14.7 Å². The third-order valence-electron chi connectivity index (χ3n) is 8.28. The zero-order valence-corrected chi connectivity index (χ0v) is 23.2. The predicted molar refractivity (Wildman–Crippen MR) is 143 cm³/mol. The van der Waals surface area contributed by atoms with E-state index in [-0.39, 0.29) is 42.1 Å². The second-order valence-corrected chi connectivity index (χ2v) is 11.6. The zero-order valence-electron chi connectivity index (χ0n) is 23.2. The van der Waals surface area contributed by atoms with Crippen LogP contribution in [-0.4, -0.2) is 36.3 Å². The molecule has 1 unspecified atom stereocenters. The van der Waals surface area contributed by atoms with E-state index in [0.717, 1.165) is 37.1 Å². The van der Waals surface area contributed by atoms with Gasteiger partial charge in [0, 0.05) is 38.1 Å². The number of esters is 1. The van der Waals surface area contributed by atoms with Crippen molar-refractivity contribution >= 4 is 11.7 Å². The molecular weight excluding hydrogens is 516 g/mol. The van der Waals surface area contributed by atoms with Crippen LogP contribution < -0.4 is 0 Å². The van der Waals surface area contributed by atoms with Crippen LogP contribution in [0.1, 0.15) is 80.7 Å². The highest BCUT2D eigenvalue weighted by molar-refractivity contribution is 5.90. The molecule has 0 spiro atoms. The van der Waals surface area contributed by atoms with E-state index >= 15 is 0 Å². The second-order valence-electron chi connectivity index (χ2n) is 11.6. The molecule has 0 saturated heterocycles. The summed E-state index contributed by atoms with van der Waals surface area (Å²) in [6, 6.07) is 4.39. The Hall–Kier alpha value is -3.87. The molecule has 2 aromatic heterocycles. The molecule has 10 heteroatoms. The highest BCUT2D eigenvalue weighted by Crippen LogP contribution is 2.46. The lowest BCUT2D eigenvalue weighted by Gasteiger charge is -2.41. The lowest BCUT2D eigenvalue weighted by molar-refractivity contribution is -0.167. The normalized spacial score (nSPS) is 20.3. The van der Waals surface area contributed by atoms with Gasteiger partial charge in [-0.3, -0.25) is 0 Å². The van der Waals surface area contributed by atoms with E-state index < -0.39 is 28.7 Å². The third kappa shape index (κ3) is 5.05. The highest BCUT2D eigenvalue weighted by atomic mass is 19.1. The fourth-order valence-corrected chi connectivity index (χ4v) is 6.19. The Bertz CT molecular complexity index is 1540. The maximum absolute atomic E-state index is 14.9. The molecule has 3 aromatic rings. The molecule has 8 nitrogen and oxygen atoms in total. The topological polar surface area (TPSA) is 94.0 Å². The molecule has 0 bridgehead atoms. The van der Waals surface area contributed by atoms with Crippen LogP contribution in [0, 0.1) is 38.0 Å². The molecule has 0 amide bonds. The van der Waals surface area contributed by atoms with Gasteiger partial charge in [-0.05, 0) is 69.2 Å². The number of halogens is 2. The molecule has 1 aliphatic heterocycles. The first-order valence-corrected chi connectivity index (χ1v) is 13.6. The molecular formula is C30H33F2N5O3. The highest BCUT2D eigenvalue weighted by Gasteiger charge is 2.48. The molecule has 1 atom stereocenters. The van der Waals surface area contributed by atoms with Crippen molar-refractivity contribution in [3.8, 4) is 0 Å². The summed E-state index contributed by atoms with van der Waals surface area (Å²) in [6.07, 6.45) is 4.34. The van der Waals surface area contributed by atoms with Gasteiger partial charge in [-0.1, -0.05) is 12.8 Å². The zero-order chi connectivity index (χ0) is 28.8. The summed E-state index contributed by atoms with van der Waals surface area (Å²) in [6.45, 7) is 14.0. The first-order chi connectivity index (χ1) is 18.9. The van der Waals surface area contributed by atoms with E-state index in [1.165, 1.54) is 26.0 Å². The van der Waals surface area contributed by atoms with E-state index in [4.69, 9.17) is 11.3 Å². The SMILES string of the molecule is [C-]#[N+]C(C)(C)c1c(F)cc(CCC2(C3CCCC3)CC(O)=C(Cc3nc4nc(C)cc(C)n4n3)C(=O)O2)cc1F. The Morgan fingerprint density at radius 3 is 2.48 bits per heavy atom. The van der Waals surface area contributed by atoms with Crippen LogP contribution >= 0.6 is 0 Å². The summed E-state index contributed by atoms with van der Waals surface area (Å²) < 4.78 is 37.6. The van der Waals surface area contributed by atoms with E-state index in [9.17, 15) is 18.7 Å². The number of benzene rings is 1. The number of hydrogen-bond acceptors (Lipinski definition) is 6. The minimum Gasteiger partial charge on any atom is -0.512 e. The second kappa shape index (κ2) is 10.3. The Morgan fingerprint density at radius 1 is 1.18 bits per heavy atom. The molecule has 0 radical (unpaired) electrons. The fourth-order valence-electron chi connectivity index (χ4n) is 6.19. The Morgan fingerprint density at radius 2 is 1.85 bits per heavy atom. The number of nitrogens with zero attached hydrogens (tertiary/aromatic N) is 5. The largest absolute Gasteiger partial charge is 0.512 e. The summed E-state index contributed by atoms with van der Waals surface area (Å²) in [5, 5.41) is 15.6. The van der Waals surface area contributed by atoms with Gasteiger partial charge in [-0.25, -0.2) is 29.6 Å². The Kier molecular flexibility index (Phi) is 7.11. The van der Waals surface area contributed by atoms with Crippen LogP contribution in [0.25, 0.3) is 10.6 Å². The average molecular weight is 550 g/mol. The number of aliphatic hydroxyl groups excluding tert-OH is 1. The maximum Gasteiger partial charge on any atom is 0.338 e. The van der Waals surface area contributed by atoms with Crippen LogP contribution in [0.3, 0.4) is 0 Å². The summed E-state index contributed by atoms with van der Waals surface area (Å²) in [5.74, 6) is -1.42. The van der Waals surface area contributed by atoms with Gasteiger partial charge in [-0.2, -0.15) is 4.98 Å². The number of carbonyl (C=O) groups excluding carboxylic acids is 1. The van der Waals surface area contributed by atoms with Gasteiger partial charge in [0.25, 0.3) is 11.3 Å². The first kappa shape index (κ1) is 27.7. The fraction of sp³-hybridized carbons (Fsp3) is 0.500. The van der Waals surface area contributed by atoms with Gasteiger partial charge >= 0.3 is 5.97 Å². The van der Waals surface area contributed by atoms with Crippen molar-refractivity contribution in [1.82, 2.24) is 19.6 Å². The van der Waals surface area contributed by atoms with Crippen molar-refractivity contribution in [3.05, 3.63) is 80.9 Å². The smallest absolute Gasteiger partial charge is 0.338 e. The van der Waals surface area contributed by atoms with Crippen LogP contribution in [0.2, 0.25) is 0 Å². The van der Waals surface area contributed by atoms with Crippen molar-refractivity contribution in [3.63, 3.8) is 0 Å². The van der Waals surface area contributed by atoms with E-state index in [1.807, 2.05) is 19.9 Å². The van der Waals surface area contributed by atoms with E-state index in [2.05, 4.69) is 19.9 Å². The average Bonchev–Trinajstić information content (AvgIpc) is 3.55. The van der Waals surface area contributed by atoms with Crippen LogP contribution in [-0.2, 0) is 27.9 Å². The lowest BCUT2D eigenvalue weighted by atomic mass is 9.76. The monoisotopic (exact) mass is 549 g/mol. The summed E-state index contributed by atoms with van der Waals surface area (Å²) in [7, 11) is 0. The number of rotatable bonds is 7. The molecule has 1 aliphatic carbocycles. The number of fused-ring (bicyclic) bond motifs is 1. The minimum atomic E-state index is -1.33. The number of carbonyl (C=O) groups is 1. The van der Waals surface area contributed by atoms with Crippen LogP contribution in [0.5, 0.6) is 0 Å². The molecule has 5 rings (SSSR count). The van der Waals surface area contributed by atoms with Crippen molar-refractivity contribution < 1.29 is 23.4 Å². The van der Waals surface area contributed by atoms with Crippen LogP contribution in [0.15, 0.2) is 29.5 Å². The predicted octanol–water partition coefficient (Wildman–Crippen LogP) is 6.04. The van der Waals surface area contributed by atoms with Crippen molar-refractivity contribution in [2.24, 2.45) is 5.92 Å². The van der Waals surface area contributed by atoms with Gasteiger partial charge in [0.15, 0.2) is 5.82 Å². The number of aryl methyl sites for hydroxylation is 3. The van der Waals surface area contributed by atoms with Crippen LogP contribution in [0.4, 0.5) is 8.78 Å². The number of ether oxygens (including phenoxy) is 1. The molecule has 2 aliphatic rings. The summed E-state index contributed by atoms with van der Waals surface area (Å²) in [4.78, 5) is 25.5. The molecule has 210 valence electrons. The van der Waals surface area contributed by atoms with E-state index in [0.29, 0.717) is 23.6 Å². The first-order valence-electron chi connectivity index (χ1n) is 13.6. The standard InChI is InChI=1S/C30H33F2N5O3/c1-17-12-18(2)37-28(34-17)35-25(36-37)15-21-24(38)16-30(40-27(21)39,20-8-6-7-9-20)11-10-19-13-22(31)26(23(32)14-19)29(3,4)33-5/h12-14,20,38H,6-11,15-16H2,1-4H3. The van der Waals surface area contributed by atoms with Gasteiger partial charge in [0.05, 0.1) is 5.57 Å².